The van der Waals surface area contributed by atoms with Crippen LogP contribution in [0.5, 0.6) is 0 Å². The Kier molecular flexibility index (Phi) is 3.78. The Hall–Kier alpha value is -1.15. The molecule has 1 atom stereocenters. The smallest absolute Gasteiger partial charge is 0.255 e. The largest absolute Gasteiger partial charge is 0.523 e. The van der Waals surface area contributed by atoms with Gasteiger partial charge in [0, 0.05) is 0 Å². The molecule has 0 aliphatic carbocycles. The van der Waals surface area contributed by atoms with Crippen LogP contribution in [-0.4, -0.2) is 13.9 Å². The molecule has 0 bridgehead atoms. The maximum Gasteiger partial charge on any atom is 0.523 e. The van der Waals surface area contributed by atoms with Crippen LogP contribution in [-0.2, 0) is 14.3 Å². The normalized spacial score (nSPS) is 14.6. The molecule has 0 saturated heterocycles. The molecule has 0 aromatic heterocycles. The molecule has 1 unspecified atom stereocenters. The van der Waals surface area contributed by atoms with Crippen LogP contribution in [0.2, 0.25) is 0 Å². The molecule has 0 N–H and O–H groups in total. The quantitative estimate of drug-likeness (QED) is 0.483. The molecule has 0 heterocycles. The maximum atomic E-state index is 12.5. The predicted molar refractivity (Wildman–Crippen MR) is 50.9 cm³/mol. The lowest BCUT2D eigenvalue weighted by molar-refractivity contribution is -0.0569. The van der Waals surface area contributed by atoms with Crippen molar-refractivity contribution in [2.45, 2.75) is 18.5 Å². The van der Waals surface area contributed by atoms with Gasteiger partial charge in [-0.3, -0.25) is 4.18 Å². The van der Waals surface area contributed by atoms with Crippen molar-refractivity contribution in [2.75, 3.05) is 0 Å². The van der Waals surface area contributed by atoms with E-state index < -0.39 is 27.5 Å². The highest BCUT2D eigenvalue weighted by atomic mass is 32.2. The third-order valence-electron chi connectivity index (χ3n) is 1.89. The highest BCUT2D eigenvalue weighted by molar-refractivity contribution is 7.87. The first kappa shape index (κ1) is 13.9. The van der Waals surface area contributed by atoms with Crippen molar-refractivity contribution in [3.8, 4) is 0 Å². The second-order valence-corrected chi connectivity index (χ2v) is 4.75. The second-order valence-electron chi connectivity index (χ2n) is 3.19. The van der Waals surface area contributed by atoms with Crippen LogP contribution in [0, 0.1) is 5.82 Å². The summed E-state index contributed by atoms with van der Waals surface area (Å²) in [6.07, 6.45) is -1.35. The van der Waals surface area contributed by atoms with Gasteiger partial charge in [0.2, 0.25) is 0 Å². The van der Waals surface area contributed by atoms with Gasteiger partial charge < -0.3 is 0 Å². The first-order chi connectivity index (χ1) is 7.63. The minimum Gasteiger partial charge on any atom is -0.255 e. The van der Waals surface area contributed by atoms with E-state index in [1.165, 1.54) is 0 Å². The van der Waals surface area contributed by atoms with Crippen molar-refractivity contribution in [3.63, 3.8) is 0 Å². The molecule has 17 heavy (non-hydrogen) atoms. The number of hydrogen-bond donors (Lipinski definition) is 0. The summed E-state index contributed by atoms with van der Waals surface area (Å²) in [7, 11) is -5.65. The van der Waals surface area contributed by atoms with Crippen LogP contribution in [0.15, 0.2) is 24.3 Å². The van der Waals surface area contributed by atoms with Crippen LogP contribution in [0.4, 0.5) is 17.6 Å². The van der Waals surface area contributed by atoms with Gasteiger partial charge in [-0.25, -0.2) is 4.39 Å². The summed E-state index contributed by atoms with van der Waals surface area (Å²) in [6.45, 7) is 1.12. The van der Waals surface area contributed by atoms with E-state index in [-0.39, 0.29) is 5.56 Å². The van der Waals surface area contributed by atoms with Crippen LogP contribution >= 0.6 is 0 Å². The summed E-state index contributed by atoms with van der Waals surface area (Å²) < 4.78 is 73.9. The van der Waals surface area contributed by atoms with Crippen LogP contribution in [0.3, 0.4) is 0 Å². The lowest BCUT2D eigenvalue weighted by Gasteiger charge is -2.14. The molecule has 0 aliphatic heterocycles. The average molecular weight is 272 g/mol. The lowest BCUT2D eigenvalue weighted by atomic mass is 10.1. The molecule has 0 saturated carbocycles. The minimum atomic E-state index is -5.65. The van der Waals surface area contributed by atoms with E-state index in [1.807, 2.05) is 0 Å². The van der Waals surface area contributed by atoms with Crippen molar-refractivity contribution in [1.29, 1.82) is 0 Å². The van der Waals surface area contributed by atoms with Gasteiger partial charge in [-0.2, -0.15) is 21.6 Å². The van der Waals surface area contributed by atoms with Gasteiger partial charge in [-0.15, -0.1) is 0 Å². The zero-order valence-corrected chi connectivity index (χ0v) is 9.35. The Morgan fingerprint density at radius 3 is 2.06 bits per heavy atom. The standard InChI is InChI=1S/C9H8F4O3S/c1-6(7-2-4-8(10)5-3-7)16-17(14,15)9(11,12)13/h2-6H,1H3. The first-order valence-electron chi connectivity index (χ1n) is 4.38. The zero-order valence-electron chi connectivity index (χ0n) is 8.53. The van der Waals surface area contributed by atoms with Gasteiger partial charge >= 0.3 is 15.6 Å². The Bertz CT molecular complexity index is 478. The van der Waals surface area contributed by atoms with Crippen molar-refractivity contribution < 1.29 is 30.2 Å². The third kappa shape index (κ3) is 3.40. The topological polar surface area (TPSA) is 43.4 Å². The van der Waals surface area contributed by atoms with Gasteiger partial charge in [0.05, 0.1) is 6.10 Å². The summed E-state index contributed by atoms with van der Waals surface area (Å²) in [6, 6.07) is 4.28. The fraction of sp³-hybridized carbons (Fsp3) is 0.333. The SMILES string of the molecule is CC(OS(=O)(=O)C(F)(F)F)c1ccc(F)cc1. The van der Waals surface area contributed by atoms with Crippen LogP contribution < -0.4 is 0 Å². The number of hydrogen-bond acceptors (Lipinski definition) is 3. The Labute approximate surface area is 95.1 Å². The van der Waals surface area contributed by atoms with Crippen molar-refractivity contribution >= 4 is 10.1 Å². The molecule has 0 radical (unpaired) electrons. The van der Waals surface area contributed by atoms with E-state index in [0.29, 0.717) is 0 Å². The monoisotopic (exact) mass is 272 g/mol. The van der Waals surface area contributed by atoms with E-state index in [9.17, 15) is 26.0 Å². The number of halogens is 4. The van der Waals surface area contributed by atoms with Crippen LogP contribution in [0.25, 0.3) is 0 Å². The third-order valence-corrected chi connectivity index (χ3v) is 3.00. The fourth-order valence-corrected chi connectivity index (χ4v) is 1.63. The summed E-state index contributed by atoms with van der Waals surface area (Å²) in [5.41, 5.74) is -5.35. The summed E-state index contributed by atoms with van der Waals surface area (Å²) in [5, 5.41) is 0. The summed E-state index contributed by atoms with van der Waals surface area (Å²) in [5.74, 6) is -0.584. The van der Waals surface area contributed by atoms with Crippen molar-refractivity contribution in [3.05, 3.63) is 35.6 Å². The van der Waals surface area contributed by atoms with Gasteiger partial charge in [0.1, 0.15) is 5.82 Å². The molecule has 96 valence electrons. The number of benzene rings is 1. The van der Waals surface area contributed by atoms with E-state index in [4.69, 9.17) is 0 Å². The summed E-state index contributed by atoms with van der Waals surface area (Å²) >= 11 is 0. The zero-order chi connectivity index (χ0) is 13.3. The molecule has 0 aliphatic rings. The Balaban J connectivity index is 2.87. The molecule has 8 heteroatoms. The van der Waals surface area contributed by atoms with E-state index in [0.717, 1.165) is 31.2 Å². The molecule has 1 aromatic rings. The Morgan fingerprint density at radius 2 is 1.65 bits per heavy atom. The summed E-state index contributed by atoms with van der Waals surface area (Å²) in [4.78, 5) is 0. The average Bonchev–Trinajstić information content (AvgIpc) is 2.16. The van der Waals surface area contributed by atoms with E-state index in [1.54, 1.807) is 0 Å². The number of rotatable bonds is 3. The molecular formula is C9H8F4O3S. The first-order valence-corrected chi connectivity index (χ1v) is 5.79. The van der Waals surface area contributed by atoms with Gasteiger partial charge in [0.15, 0.2) is 0 Å². The molecule has 0 spiro atoms. The second kappa shape index (κ2) is 4.61. The fourth-order valence-electron chi connectivity index (χ4n) is 1.03. The van der Waals surface area contributed by atoms with Crippen molar-refractivity contribution in [2.24, 2.45) is 0 Å². The van der Waals surface area contributed by atoms with Crippen LogP contribution in [0.1, 0.15) is 18.6 Å². The highest BCUT2D eigenvalue weighted by Gasteiger charge is 2.48. The molecule has 0 amide bonds. The maximum absolute atomic E-state index is 12.5. The minimum absolute atomic E-state index is 0.124. The van der Waals surface area contributed by atoms with Gasteiger partial charge in [-0.1, -0.05) is 12.1 Å². The van der Waals surface area contributed by atoms with Gasteiger partial charge in [0.25, 0.3) is 0 Å². The molecular weight excluding hydrogens is 264 g/mol. The molecule has 3 nitrogen and oxygen atoms in total. The molecule has 0 fully saturated rings. The van der Waals surface area contributed by atoms with E-state index in [2.05, 4.69) is 4.18 Å². The predicted octanol–water partition coefficient (Wildman–Crippen LogP) is 2.75. The highest BCUT2D eigenvalue weighted by Crippen LogP contribution is 2.29. The Morgan fingerprint density at radius 1 is 1.18 bits per heavy atom. The molecule has 1 aromatic carbocycles. The van der Waals surface area contributed by atoms with Gasteiger partial charge in [-0.05, 0) is 24.6 Å². The van der Waals surface area contributed by atoms with E-state index >= 15 is 0 Å². The lowest BCUT2D eigenvalue weighted by Crippen LogP contribution is -2.26. The number of alkyl halides is 3. The molecule has 1 rings (SSSR count). The van der Waals surface area contributed by atoms with Crippen molar-refractivity contribution in [1.82, 2.24) is 0 Å².